The molecule has 0 amide bonds. The molecule has 234 valence electrons. The molecule has 2 saturated heterocycles. The van der Waals surface area contributed by atoms with E-state index in [2.05, 4.69) is 58.1 Å². The number of thiazole rings is 1. The van der Waals surface area contributed by atoms with Crippen LogP contribution in [0.4, 0.5) is 34.5 Å². The van der Waals surface area contributed by atoms with Crippen LogP contribution in [0.2, 0.25) is 5.02 Å². The molecule has 44 heavy (non-hydrogen) atoms. The summed E-state index contributed by atoms with van der Waals surface area (Å²) in [5.41, 5.74) is 4.80. The zero-order valence-electron chi connectivity index (χ0n) is 24.9. The highest BCUT2D eigenvalue weighted by atomic mass is 35.5. The smallest absolute Gasteiger partial charge is 0.229 e. The molecule has 0 aliphatic carbocycles. The summed E-state index contributed by atoms with van der Waals surface area (Å²) in [6.45, 7) is 6.60. The van der Waals surface area contributed by atoms with Crippen molar-refractivity contribution in [3.8, 4) is 5.75 Å². The van der Waals surface area contributed by atoms with Gasteiger partial charge in [-0.15, -0.1) is 11.3 Å². The quantitative estimate of drug-likeness (QED) is 0.229. The number of nitrogens with zero attached hydrogens (tertiary/aromatic N) is 6. The van der Waals surface area contributed by atoms with Crippen molar-refractivity contribution >= 4 is 77.7 Å². The first-order valence-corrected chi connectivity index (χ1v) is 17.6. The molecule has 2 fully saturated rings. The van der Waals surface area contributed by atoms with E-state index in [0.717, 1.165) is 68.8 Å². The van der Waals surface area contributed by atoms with Crippen LogP contribution in [0.5, 0.6) is 5.75 Å². The van der Waals surface area contributed by atoms with Crippen LogP contribution in [-0.2, 0) is 10.0 Å². The van der Waals surface area contributed by atoms with Gasteiger partial charge in [0.1, 0.15) is 16.3 Å². The number of nitrogens with one attached hydrogen (secondary N) is 3. The first-order valence-electron chi connectivity index (χ1n) is 14.4. The zero-order chi connectivity index (χ0) is 30.8. The van der Waals surface area contributed by atoms with Crippen molar-refractivity contribution in [3.63, 3.8) is 0 Å². The van der Waals surface area contributed by atoms with E-state index >= 15 is 0 Å². The minimum Gasteiger partial charge on any atom is -0.494 e. The van der Waals surface area contributed by atoms with E-state index in [1.54, 1.807) is 18.7 Å². The van der Waals surface area contributed by atoms with Gasteiger partial charge in [0.05, 0.1) is 46.8 Å². The SMILES string of the molecule is COc1cc(N2CCC(N3CCN(C)CC3)CC2)ccc1Nc1ncc(Cl)c(Nc2ccc3scnc3c2NS(C)(=O)=O)n1. The first-order chi connectivity index (χ1) is 21.2. The van der Waals surface area contributed by atoms with Crippen LogP contribution in [0, 0.1) is 0 Å². The molecule has 3 N–H and O–H groups in total. The van der Waals surface area contributed by atoms with Crippen molar-refractivity contribution < 1.29 is 13.2 Å². The maximum atomic E-state index is 12.1. The van der Waals surface area contributed by atoms with E-state index in [1.807, 2.05) is 18.2 Å². The molecule has 0 atom stereocenters. The van der Waals surface area contributed by atoms with Crippen molar-refractivity contribution in [2.75, 3.05) is 79.9 Å². The molecule has 2 aromatic carbocycles. The maximum Gasteiger partial charge on any atom is 0.229 e. The Morgan fingerprint density at radius 3 is 2.48 bits per heavy atom. The summed E-state index contributed by atoms with van der Waals surface area (Å²) >= 11 is 7.88. The van der Waals surface area contributed by atoms with Crippen molar-refractivity contribution in [3.05, 3.63) is 47.1 Å². The summed E-state index contributed by atoms with van der Waals surface area (Å²) in [4.78, 5) is 20.7. The number of halogens is 1. The summed E-state index contributed by atoms with van der Waals surface area (Å²) in [6.07, 6.45) is 4.88. The van der Waals surface area contributed by atoms with E-state index in [-0.39, 0.29) is 5.02 Å². The number of fused-ring (bicyclic) bond motifs is 1. The van der Waals surface area contributed by atoms with Crippen LogP contribution >= 0.6 is 22.9 Å². The Morgan fingerprint density at radius 2 is 1.75 bits per heavy atom. The van der Waals surface area contributed by atoms with Gasteiger partial charge < -0.3 is 25.2 Å². The number of anilines is 6. The average Bonchev–Trinajstić information content (AvgIpc) is 3.50. The third kappa shape index (κ3) is 6.94. The zero-order valence-corrected chi connectivity index (χ0v) is 27.3. The number of piperidine rings is 1. The van der Waals surface area contributed by atoms with Gasteiger partial charge in [-0.2, -0.15) is 4.98 Å². The minimum atomic E-state index is -3.57. The molecule has 12 nitrogen and oxygen atoms in total. The van der Waals surface area contributed by atoms with Crippen LogP contribution in [0.15, 0.2) is 42.0 Å². The first kappa shape index (κ1) is 30.6. The molecule has 0 spiro atoms. The van der Waals surface area contributed by atoms with Gasteiger partial charge in [0.2, 0.25) is 16.0 Å². The lowest BCUT2D eigenvalue weighted by atomic mass is 10.0. The van der Waals surface area contributed by atoms with Gasteiger partial charge in [0.25, 0.3) is 0 Å². The molecule has 0 bridgehead atoms. The molecule has 2 aromatic heterocycles. The summed E-state index contributed by atoms with van der Waals surface area (Å²) in [5.74, 6) is 1.27. The number of methoxy groups -OCH3 is 1. The summed E-state index contributed by atoms with van der Waals surface area (Å²) in [6, 6.07) is 10.4. The topological polar surface area (TPSA) is 128 Å². The third-order valence-electron chi connectivity index (χ3n) is 8.10. The lowest BCUT2D eigenvalue weighted by Crippen LogP contribution is -2.52. The van der Waals surface area contributed by atoms with Gasteiger partial charge in [-0.25, -0.2) is 18.4 Å². The van der Waals surface area contributed by atoms with E-state index in [0.29, 0.717) is 46.1 Å². The predicted octanol–water partition coefficient (Wildman–Crippen LogP) is 4.82. The minimum absolute atomic E-state index is 0.265. The largest absolute Gasteiger partial charge is 0.494 e. The monoisotopic (exact) mass is 657 g/mol. The third-order valence-corrected chi connectivity index (χ3v) is 9.75. The van der Waals surface area contributed by atoms with Crippen LogP contribution in [0.25, 0.3) is 10.2 Å². The molecular formula is C29H36ClN9O3S2. The highest BCUT2D eigenvalue weighted by Gasteiger charge is 2.27. The van der Waals surface area contributed by atoms with Gasteiger partial charge >= 0.3 is 0 Å². The maximum absolute atomic E-state index is 12.1. The number of hydrogen-bond acceptors (Lipinski definition) is 12. The van der Waals surface area contributed by atoms with Crippen molar-refractivity contribution in [2.45, 2.75) is 18.9 Å². The molecule has 0 unspecified atom stereocenters. The number of sulfonamides is 1. The molecule has 4 aromatic rings. The number of aromatic nitrogens is 3. The lowest BCUT2D eigenvalue weighted by molar-refractivity contribution is 0.0982. The van der Waals surface area contributed by atoms with Gasteiger partial charge in [0.15, 0.2) is 5.82 Å². The second-order valence-electron chi connectivity index (χ2n) is 11.1. The fraction of sp³-hybridized carbons (Fsp3) is 0.414. The molecule has 6 rings (SSSR count). The van der Waals surface area contributed by atoms with Gasteiger partial charge in [0, 0.05) is 57.1 Å². The van der Waals surface area contributed by atoms with E-state index < -0.39 is 10.0 Å². The van der Waals surface area contributed by atoms with Crippen LogP contribution < -0.4 is 25.0 Å². The Morgan fingerprint density at radius 1 is 1.00 bits per heavy atom. The van der Waals surface area contributed by atoms with Gasteiger partial charge in [-0.05, 0) is 44.2 Å². The second kappa shape index (κ2) is 12.9. The second-order valence-corrected chi connectivity index (χ2v) is 14.2. The molecule has 15 heteroatoms. The number of ether oxygens (including phenoxy) is 1. The summed E-state index contributed by atoms with van der Waals surface area (Å²) in [7, 11) is 0.266. The number of benzene rings is 2. The Hall–Kier alpha value is -3.43. The fourth-order valence-electron chi connectivity index (χ4n) is 5.74. The van der Waals surface area contributed by atoms with E-state index in [4.69, 9.17) is 16.3 Å². The number of rotatable bonds is 9. The molecule has 0 saturated carbocycles. The molecule has 0 radical (unpaired) electrons. The molecule has 2 aliphatic rings. The highest BCUT2D eigenvalue weighted by Crippen LogP contribution is 2.37. The normalized spacial score (nSPS) is 17.1. The van der Waals surface area contributed by atoms with Crippen molar-refractivity contribution in [2.24, 2.45) is 0 Å². The summed E-state index contributed by atoms with van der Waals surface area (Å²) in [5, 5.41) is 6.66. The van der Waals surface area contributed by atoms with Gasteiger partial charge in [-0.3, -0.25) is 9.62 Å². The molecular weight excluding hydrogens is 622 g/mol. The fourth-order valence-corrected chi connectivity index (χ4v) is 7.14. The average molecular weight is 658 g/mol. The lowest BCUT2D eigenvalue weighted by Gasteiger charge is -2.42. The molecule has 2 aliphatic heterocycles. The Balaban J connectivity index is 1.17. The van der Waals surface area contributed by atoms with Crippen molar-refractivity contribution in [1.82, 2.24) is 24.8 Å². The van der Waals surface area contributed by atoms with Gasteiger partial charge in [-0.1, -0.05) is 11.6 Å². The Kier molecular flexibility index (Phi) is 8.96. The standard InChI is InChI=1S/C29H36ClN9O3S2/c1-37-12-14-39(15-13-37)19-8-10-38(11-9-19)20-4-5-22(24(16-20)42-2)34-29-31-17-21(30)28(35-29)33-23-6-7-25-27(32-18-43-25)26(23)36-44(3,40)41/h4-7,16-19,36H,8-15H2,1-3H3,(H2,31,33,34,35). The Labute approximate surface area is 266 Å². The highest BCUT2D eigenvalue weighted by molar-refractivity contribution is 7.92. The number of piperazine rings is 1. The number of likely N-dealkylation sites (N-methyl/N-ethyl adjacent to an activating group) is 1. The van der Waals surface area contributed by atoms with Crippen LogP contribution in [-0.4, -0.2) is 98.9 Å². The van der Waals surface area contributed by atoms with Crippen LogP contribution in [0.1, 0.15) is 12.8 Å². The van der Waals surface area contributed by atoms with Crippen molar-refractivity contribution in [1.29, 1.82) is 0 Å². The molecule has 4 heterocycles. The number of hydrogen-bond donors (Lipinski definition) is 3. The Bertz CT molecular complexity index is 1740. The predicted molar refractivity (Wildman–Crippen MR) is 179 cm³/mol. The summed E-state index contributed by atoms with van der Waals surface area (Å²) < 4.78 is 33.4. The van der Waals surface area contributed by atoms with E-state index in [1.165, 1.54) is 17.5 Å². The van der Waals surface area contributed by atoms with E-state index in [9.17, 15) is 8.42 Å². The van der Waals surface area contributed by atoms with Crippen LogP contribution in [0.3, 0.4) is 0 Å².